The highest BCUT2D eigenvalue weighted by Crippen LogP contribution is 2.19. The molecule has 0 spiro atoms. The van der Waals surface area contributed by atoms with Gasteiger partial charge in [0.25, 0.3) is 5.91 Å². The number of sulfone groups is 1. The Bertz CT molecular complexity index is 889. The summed E-state index contributed by atoms with van der Waals surface area (Å²) in [6.45, 7) is 3.04. The van der Waals surface area contributed by atoms with Crippen molar-refractivity contribution in [2.75, 3.05) is 11.6 Å². The van der Waals surface area contributed by atoms with Crippen molar-refractivity contribution in [3.63, 3.8) is 0 Å². The molecule has 6 nitrogen and oxygen atoms in total. The van der Waals surface area contributed by atoms with E-state index in [1.807, 2.05) is 0 Å². The lowest BCUT2D eigenvalue weighted by molar-refractivity contribution is 0.101. The number of carbonyl (C=O) groups excluding carboxylic acids is 2. The first kappa shape index (κ1) is 16.8. The van der Waals surface area contributed by atoms with Crippen LogP contribution in [0.25, 0.3) is 0 Å². The lowest BCUT2D eigenvalue weighted by Gasteiger charge is -2.10. The predicted octanol–water partition coefficient (Wildman–Crippen LogP) is 2.25. The highest BCUT2D eigenvalue weighted by Gasteiger charge is 2.16. The van der Waals surface area contributed by atoms with E-state index in [1.54, 1.807) is 13.0 Å². The molecule has 0 aliphatic rings. The smallest absolute Gasteiger partial charge is 0.255 e. The van der Waals surface area contributed by atoms with Gasteiger partial charge in [-0.3, -0.25) is 14.6 Å². The van der Waals surface area contributed by atoms with Gasteiger partial charge in [0, 0.05) is 24.2 Å². The van der Waals surface area contributed by atoms with E-state index in [2.05, 4.69) is 10.3 Å². The minimum Gasteiger partial charge on any atom is -0.321 e. The molecular weight excluding hydrogens is 316 g/mol. The maximum atomic E-state index is 12.3. The quantitative estimate of drug-likeness (QED) is 0.867. The number of benzene rings is 1. The first-order valence-corrected chi connectivity index (χ1v) is 8.66. The Morgan fingerprint density at radius 1 is 1.17 bits per heavy atom. The van der Waals surface area contributed by atoms with Crippen molar-refractivity contribution in [1.82, 2.24) is 4.98 Å². The van der Waals surface area contributed by atoms with Gasteiger partial charge in [-0.1, -0.05) is 6.07 Å². The number of pyridine rings is 1. The summed E-state index contributed by atoms with van der Waals surface area (Å²) in [5.74, 6) is -0.724. The van der Waals surface area contributed by atoms with Crippen LogP contribution in [0, 0.1) is 6.92 Å². The Morgan fingerprint density at radius 2 is 1.87 bits per heavy atom. The monoisotopic (exact) mass is 332 g/mol. The molecule has 0 aliphatic heterocycles. The topological polar surface area (TPSA) is 93.2 Å². The number of rotatable bonds is 4. The van der Waals surface area contributed by atoms with Crippen LogP contribution in [0.4, 0.5) is 5.69 Å². The van der Waals surface area contributed by atoms with Crippen molar-refractivity contribution in [2.24, 2.45) is 0 Å². The summed E-state index contributed by atoms with van der Waals surface area (Å²) < 4.78 is 23.5. The van der Waals surface area contributed by atoms with Crippen molar-refractivity contribution < 1.29 is 18.0 Å². The third kappa shape index (κ3) is 3.81. The summed E-state index contributed by atoms with van der Waals surface area (Å²) in [6.07, 6.45) is 3.92. The third-order valence-electron chi connectivity index (χ3n) is 3.30. The van der Waals surface area contributed by atoms with Gasteiger partial charge in [0.2, 0.25) is 0 Å². The molecule has 0 bridgehead atoms. The van der Waals surface area contributed by atoms with Gasteiger partial charge < -0.3 is 5.32 Å². The molecule has 7 heteroatoms. The second kappa shape index (κ2) is 6.29. The zero-order valence-electron chi connectivity index (χ0n) is 13.0. The minimum absolute atomic E-state index is 0.103. The van der Waals surface area contributed by atoms with Gasteiger partial charge in [-0.15, -0.1) is 0 Å². The van der Waals surface area contributed by atoms with Crippen LogP contribution in [-0.4, -0.2) is 31.3 Å². The van der Waals surface area contributed by atoms with E-state index in [4.69, 9.17) is 0 Å². The molecule has 1 N–H and O–H groups in total. The normalized spacial score (nSPS) is 11.1. The molecule has 2 rings (SSSR count). The maximum Gasteiger partial charge on any atom is 0.255 e. The van der Waals surface area contributed by atoms with Gasteiger partial charge in [-0.25, -0.2) is 8.42 Å². The largest absolute Gasteiger partial charge is 0.321 e. The molecule has 0 unspecified atom stereocenters. The molecular formula is C16H16N2O4S. The van der Waals surface area contributed by atoms with Gasteiger partial charge >= 0.3 is 0 Å². The summed E-state index contributed by atoms with van der Waals surface area (Å²) >= 11 is 0. The average Bonchev–Trinajstić information content (AvgIpc) is 2.46. The van der Waals surface area contributed by atoms with Crippen molar-refractivity contribution in [3.8, 4) is 0 Å². The van der Waals surface area contributed by atoms with Crippen LogP contribution in [0.1, 0.15) is 33.2 Å². The van der Waals surface area contributed by atoms with Crippen molar-refractivity contribution >= 4 is 27.2 Å². The first-order chi connectivity index (χ1) is 10.7. The second-order valence-electron chi connectivity index (χ2n) is 5.18. The fourth-order valence-corrected chi connectivity index (χ4v) is 3.11. The summed E-state index contributed by atoms with van der Waals surface area (Å²) in [6, 6.07) is 5.95. The van der Waals surface area contributed by atoms with E-state index in [9.17, 15) is 18.0 Å². The number of nitrogens with zero attached hydrogens (tertiary/aromatic N) is 1. The number of carbonyl (C=O) groups is 2. The Labute approximate surface area is 134 Å². The zero-order valence-corrected chi connectivity index (χ0v) is 13.8. The minimum atomic E-state index is -3.43. The van der Waals surface area contributed by atoms with Crippen molar-refractivity contribution in [1.29, 1.82) is 0 Å². The van der Waals surface area contributed by atoms with E-state index in [0.717, 1.165) is 6.26 Å². The van der Waals surface area contributed by atoms with E-state index < -0.39 is 15.7 Å². The molecule has 0 fully saturated rings. The van der Waals surface area contributed by atoms with Crippen LogP contribution in [0.2, 0.25) is 0 Å². The highest BCUT2D eigenvalue weighted by molar-refractivity contribution is 7.90. The van der Waals surface area contributed by atoms with Crippen LogP contribution in [0.15, 0.2) is 41.6 Å². The summed E-state index contributed by atoms with van der Waals surface area (Å²) in [7, 11) is -3.43. The molecule has 1 heterocycles. The molecule has 1 amide bonds. The molecule has 1 aromatic carbocycles. The van der Waals surface area contributed by atoms with E-state index in [0.29, 0.717) is 11.3 Å². The number of anilines is 1. The number of ketones is 1. The summed E-state index contributed by atoms with van der Waals surface area (Å²) in [4.78, 5) is 27.8. The number of Topliss-reactive ketones (excluding diaryl/α,β-unsaturated/α-hetero) is 1. The van der Waals surface area contributed by atoms with Crippen LogP contribution >= 0.6 is 0 Å². The Kier molecular flexibility index (Phi) is 4.60. The molecule has 120 valence electrons. The molecule has 0 atom stereocenters. The van der Waals surface area contributed by atoms with Crippen LogP contribution < -0.4 is 5.32 Å². The zero-order chi connectivity index (χ0) is 17.2. The second-order valence-corrected chi connectivity index (χ2v) is 7.17. The fraction of sp³-hybridized carbons (Fsp3) is 0.188. The Hall–Kier alpha value is -2.54. The molecule has 1 aromatic heterocycles. The lowest BCUT2D eigenvalue weighted by Crippen LogP contribution is -2.15. The van der Waals surface area contributed by atoms with Gasteiger partial charge in [0.05, 0.1) is 16.1 Å². The molecule has 0 saturated carbocycles. The number of amides is 1. The molecule has 0 radical (unpaired) electrons. The standard InChI is InChI=1S/C16H16N2O4S/c1-10-4-5-12(8-15(10)23(3,21)22)16(20)18-14-6-7-17-9-13(14)11(2)19/h4-9H,1-3H3,(H,17,18,20). The predicted molar refractivity (Wildman–Crippen MR) is 86.5 cm³/mol. The number of hydrogen-bond acceptors (Lipinski definition) is 5. The fourth-order valence-electron chi connectivity index (χ4n) is 2.12. The van der Waals surface area contributed by atoms with Gasteiger partial charge in [0.1, 0.15) is 0 Å². The van der Waals surface area contributed by atoms with Gasteiger partial charge in [0.15, 0.2) is 15.6 Å². The molecule has 0 saturated heterocycles. The first-order valence-electron chi connectivity index (χ1n) is 6.77. The van der Waals surface area contributed by atoms with E-state index >= 15 is 0 Å². The van der Waals surface area contributed by atoms with Crippen molar-refractivity contribution in [2.45, 2.75) is 18.7 Å². The molecule has 2 aromatic rings. The van der Waals surface area contributed by atoms with Gasteiger partial charge in [-0.2, -0.15) is 0 Å². The summed E-state index contributed by atoms with van der Waals surface area (Å²) in [5.41, 5.74) is 1.38. The van der Waals surface area contributed by atoms with E-state index in [-0.39, 0.29) is 21.8 Å². The molecule has 23 heavy (non-hydrogen) atoms. The maximum absolute atomic E-state index is 12.3. The average molecular weight is 332 g/mol. The van der Waals surface area contributed by atoms with Crippen LogP contribution in [0.5, 0.6) is 0 Å². The number of nitrogens with one attached hydrogen (secondary N) is 1. The lowest BCUT2D eigenvalue weighted by atomic mass is 10.1. The Balaban J connectivity index is 2.38. The highest BCUT2D eigenvalue weighted by atomic mass is 32.2. The van der Waals surface area contributed by atoms with Crippen LogP contribution in [0.3, 0.4) is 0 Å². The van der Waals surface area contributed by atoms with E-state index in [1.165, 1.54) is 37.5 Å². The molecule has 0 aliphatic carbocycles. The van der Waals surface area contributed by atoms with Gasteiger partial charge in [-0.05, 0) is 37.6 Å². The third-order valence-corrected chi connectivity index (χ3v) is 4.54. The SMILES string of the molecule is CC(=O)c1cnccc1NC(=O)c1ccc(C)c(S(C)(=O)=O)c1. The number of aryl methyl sites for hydroxylation is 1. The number of hydrogen-bond donors (Lipinski definition) is 1. The van der Waals surface area contributed by atoms with Crippen molar-refractivity contribution in [3.05, 3.63) is 53.3 Å². The summed E-state index contributed by atoms with van der Waals surface area (Å²) in [5, 5.41) is 2.61. The Morgan fingerprint density at radius 3 is 2.48 bits per heavy atom. The number of aromatic nitrogens is 1. The van der Waals surface area contributed by atoms with Crippen LogP contribution in [-0.2, 0) is 9.84 Å².